The van der Waals surface area contributed by atoms with Crippen molar-refractivity contribution in [1.82, 2.24) is 10.3 Å². The third-order valence-electron chi connectivity index (χ3n) is 3.36. The number of rotatable bonds is 3. The Morgan fingerprint density at radius 2 is 2.17 bits per heavy atom. The summed E-state index contributed by atoms with van der Waals surface area (Å²) in [5.41, 5.74) is 6.62. The average molecular weight is 265 g/mol. The third-order valence-corrected chi connectivity index (χ3v) is 4.50. The van der Waals surface area contributed by atoms with Crippen molar-refractivity contribution >= 4 is 23.4 Å². The van der Waals surface area contributed by atoms with E-state index in [1.807, 2.05) is 11.8 Å². The van der Waals surface area contributed by atoms with Gasteiger partial charge in [-0.2, -0.15) is 11.8 Å². The molecule has 0 saturated heterocycles. The van der Waals surface area contributed by atoms with E-state index in [1.165, 1.54) is 12.8 Å². The SMILES string of the molecule is CSC1CCC(NC(=O)c2cc(N)ccn2)CC1. The molecule has 3 N–H and O–H groups in total. The van der Waals surface area contributed by atoms with Gasteiger partial charge in [0.25, 0.3) is 5.91 Å². The summed E-state index contributed by atoms with van der Waals surface area (Å²) >= 11 is 1.92. The van der Waals surface area contributed by atoms with E-state index < -0.39 is 0 Å². The van der Waals surface area contributed by atoms with Gasteiger partial charge >= 0.3 is 0 Å². The number of thioether (sulfide) groups is 1. The van der Waals surface area contributed by atoms with Gasteiger partial charge in [-0.3, -0.25) is 9.78 Å². The van der Waals surface area contributed by atoms with Gasteiger partial charge in [-0.1, -0.05) is 0 Å². The van der Waals surface area contributed by atoms with Crippen LogP contribution in [-0.4, -0.2) is 28.4 Å². The highest BCUT2D eigenvalue weighted by atomic mass is 32.2. The molecule has 0 unspecified atom stereocenters. The topological polar surface area (TPSA) is 68.0 Å². The predicted octanol–water partition coefficient (Wildman–Crippen LogP) is 2.07. The van der Waals surface area contributed by atoms with E-state index in [-0.39, 0.29) is 11.9 Å². The highest BCUT2D eigenvalue weighted by molar-refractivity contribution is 7.99. The van der Waals surface area contributed by atoms with Gasteiger partial charge in [0.2, 0.25) is 0 Å². The summed E-state index contributed by atoms with van der Waals surface area (Å²) in [6.07, 6.45) is 8.18. The van der Waals surface area contributed by atoms with Crippen molar-refractivity contribution in [2.75, 3.05) is 12.0 Å². The van der Waals surface area contributed by atoms with Gasteiger partial charge in [0.05, 0.1) is 0 Å². The second-order valence-electron chi connectivity index (χ2n) is 4.66. The molecule has 1 aromatic heterocycles. The quantitative estimate of drug-likeness (QED) is 0.878. The van der Waals surface area contributed by atoms with Gasteiger partial charge in [0.15, 0.2) is 0 Å². The van der Waals surface area contributed by atoms with Crippen molar-refractivity contribution in [3.05, 3.63) is 24.0 Å². The van der Waals surface area contributed by atoms with Gasteiger partial charge in [-0.15, -0.1) is 0 Å². The highest BCUT2D eigenvalue weighted by Gasteiger charge is 2.22. The van der Waals surface area contributed by atoms with Crippen molar-refractivity contribution in [3.63, 3.8) is 0 Å². The van der Waals surface area contributed by atoms with E-state index >= 15 is 0 Å². The second-order valence-corrected chi connectivity index (χ2v) is 5.80. The number of hydrogen-bond acceptors (Lipinski definition) is 4. The van der Waals surface area contributed by atoms with Crippen LogP contribution in [-0.2, 0) is 0 Å². The molecule has 1 aromatic rings. The fraction of sp³-hybridized carbons (Fsp3) is 0.538. The number of nitrogens with zero attached hydrogens (tertiary/aromatic N) is 1. The highest BCUT2D eigenvalue weighted by Crippen LogP contribution is 2.26. The van der Waals surface area contributed by atoms with Crippen LogP contribution in [0.2, 0.25) is 0 Å². The van der Waals surface area contributed by atoms with E-state index in [9.17, 15) is 4.79 Å². The molecule has 1 heterocycles. The first kappa shape index (κ1) is 13.2. The summed E-state index contributed by atoms with van der Waals surface area (Å²) in [7, 11) is 0. The van der Waals surface area contributed by atoms with Crippen molar-refractivity contribution in [3.8, 4) is 0 Å². The molecule has 1 saturated carbocycles. The van der Waals surface area contributed by atoms with Crippen LogP contribution in [0.15, 0.2) is 18.3 Å². The zero-order valence-electron chi connectivity index (χ0n) is 10.6. The summed E-state index contributed by atoms with van der Waals surface area (Å²) in [6.45, 7) is 0. The Bertz CT molecular complexity index is 416. The van der Waals surface area contributed by atoms with Crippen molar-refractivity contribution < 1.29 is 4.79 Å². The minimum absolute atomic E-state index is 0.116. The summed E-state index contributed by atoms with van der Waals surface area (Å²) in [6, 6.07) is 3.58. The number of nitrogens with one attached hydrogen (secondary N) is 1. The number of nitrogen functional groups attached to an aromatic ring is 1. The number of carbonyl (C=O) groups is 1. The van der Waals surface area contributed by atoms with Crippen LogP contribution in [0.3, 0.4) is 0 Å². The Labute approximate surface area is 112 Å². The number of hydrogen-bond donors (Lipinski definition) is 2. The third kappa shape index (κ3) is 3.38. The molecule has 0 aromatic carbocycles. The smallest absolute Gasteiger partial charge is 0.270 e. The van der Waals surface area contributed by atoms with E-state index in [1.54, 1.807) is 18.3 Å². The number of nitrogens with two attached hydrogens (primary N) is 1. The van der Waals surface area contributed by atoms with Gasteiger partial charge in [0, 0.05) is 23.2 Å². The van der Waals surface area contributed by atoms with Crippen LogP contribution in [0.1, 0.15) is 36.2 Å². The van der Waals surface area contributed by atoms with Crippen molar-refractivity contribution in [2.45, 2.75) is 37.0 Å². The molecule has 0 aliphatic heterocycles. The summed E-state index contributed by atoms with van der Waals surface area (Å²) < 4.78 is 0. The molecular weight excluding hydrogens is 246 g/mol. The summed E-state index contributed by atoms with van der Waals surface area (Å²) in [4.78, 5) is 16.0. The predicted molar refractivity (Wildman–Crippen MR) is 75.7 cm³/mol. The van der Waals surface area contributed by atoms with E-state index in [4.69, 9.17) is 5.73 Å². The van der Waals surface area contributed by atoms with E-state index in [0.717, 1.165) is 18.1 Å². The van der Waals surface area contributed by atoms with Crippen LogP contribution in [0.5, 0.6) is 0 Å². The van der Waals surface area contributed by atoms with Crippen molar-refractivity contribution in [1.29, 1.82) is 0 Å². The Balaban J connectivity index is 1.89. The summed E-state index contributed by atoms with van der Waals surface area (Å²) in [5, 5.41) is 3.79. The zero-order valence-corrected chi connectivity index (χ0v) is 11.4. The Hall–Kier alpha value is -1.23. The number of aromatic nitrogens is 1. The average Bonchev–Trinajstić information content (AvgIpc) is 2.39. The number of amides is 1. The van der Waals surface area contributed by atoms with Crippen LogP contribution in [0, 0.1) is 0 Å². The molecule has 1 aliphatic carbocycles. The molecule has 1 amide bonds. The van der Waals surface area contributed by atoms with Crippen LogP contribution in [0.25, 0.3) is 0 Å². The zero-order chi connectivity index (χ0) is 13.0. The van der Waals surface area contributed by atoms with E-state index in [0.29, 0.717) is 11.4 Å². The molecule has 4 nitrogen and oxygen atoms in total. The molecule has 18 heavy (non-hydrogen) atoms. The van der Waals surface area contributed by atoms with Gasteiger partial charge in [-0.05, 0) is 44.1 Å². The monoisotopic (exact) mass is 265 g/mol. The van der Waals surface area contributed by atoms with Crippen molar-refractivity contribution in [2.24, 2.45) is 0 Å². The van der Waals surface area contributed by atoms with Gasteiger partial charge in [-0.25, -0.2) is 0 Å². The lowest BCUT2D eigenvalue weighted by atomic mass is 9.95. The summed E-state index contributed by atoms with van der Waals surface area (Å²) in [5.74, 6) is -0.116. The maximum Gasteiger partial charge on any atom is 0.270 e. The molecule has 0 radical (unpaired) electrons. The molecule has 0 spiro atoms. The van der Waals surface area contributed by atoms with Crippen LogP contribution < -0.4 is 11.1 Å². The molecule has 1 aliphatic rings. The molecule has 2 rings (SSSR count). The lowest BCUT2D eigenvalue weighted by molar-refractivity contribution is 0.0923. The normalized spacial score (nSPS) is 23.6. The Morgan fingerprint density at radius 3 is 2.78 bits per heavy atom. The number of pyridine rings is 1. The molecule has 0 bridgehead atoms. The number of anilines is 1. The molecule has 1 fully saturated rings. The Kier molecular flexibility index (Phi) is 4.47. The largest absolute Gasteiger partial charge is 0.399 e. The second kappa shape index (κ2) is 6.09. The first-order valence-corrected chi connectivity index (χ1v) is 7.53. The molecule has 98 valence electrons. The molecule has 5 heteroatoms. The fourth-order valence-electron chi connectivity index (χ4n) is 2.27. The van der Waals surface area contributed by atoms with Gasteiger partial charge < -0.3 is 11.1 Å². The molecule has 0 atom stereocenters. The maximum absolute atomic E-state index is 12.0. The minimum atomic E-state index is -0.116. The minimum Gasteiger partial charge on any atom is -0.399 e. The van der Waals surface area contributed by atoms with E-state index in [2.05, 4.69) is 16.6 Å². The Morgan fingerprint density at radius 1 is 1.44 bits per heavy atom. The van der Waals surface area contributed by atoms with Gasteiger partial charge in [0.1, 0.15) is 5.69 Å². The lowest BCUT2D eigenvalue weighted by Gasteiger charge is -2.27. The first-order chi connectivity index (χ1) is 8.69. The lowest BCUT2D eigenvalue weighted by Crippen LogP contribution is -2.38. The fourth-order valence-corrected chi connectivity index (χ4v) is 3.02. The van der Waals surface area contributed by atoms with Crippen LogP contribution >= 0.6 is 11.8 Å². The molecular formula is C13H19N3OS. The first-order valence-electron chi connectivity index (χ1n) is 6.24. The standard InChI is InChI=1S/C13H19N3OS/c1-18-11-4-2-10(3-5-11)16-13(17)12-8-9(14)6-7-15-12/h6-8,10-11H,2-5H2,1H3,(H2,14,15)(H,16,17). The number of carbonyl (C=O) groups excluding carboxylic acids is 1. The maximum atomic E-state index is 12.0. The van der Waals surface area contributed by atoms with Crippen LogP contribution in [0.4, 0.5) is 5.69 Å².